The van der Waals surface area contributed by atoms with Gasteiger partial charge in [-0.25, -0.2) is 22.2 Å². The van der Waals surface area contributed by atoms with E-state index in [9.17, 15) is 22.0 Å². The molecule has 33 heavy (non-hydrogen) atoms. The molecule has 0 fully saturated rings. The highest BCUT2D eigenvalue weighted by Crippen LogP contribution is 2.32. The number of fused-ring (bicyclic) bond motifs is 1. The molecule has 0 aliphatic heterocycles. The number of carbonyl (C=O) groups is 1. The molecule has 6 nitrogen and oxygen atoms in total. The minimum Gasteiger partial charge on any atom is -0.282 e. The minimum absolute atomic E-state index is 0.00811. The minimum atomic E-state index is -3.69. The fraction of sp³-hybridized carbons (Fsp3) is 0.174. The first kappa shape index (κ1) is 22.9. The average molecular weight is 488 g/mol. The maximum absolute atomic E-state index is 14.2. The summed E-state index contributed by atoms with van der Waals surface area (Å²) in [5, 5.41) is 0.137. The van der Waals surface area contributed by atoms with Crippen LogP contribution in [0.2, 0.25) is 0 Å². The molecule has 4 rings (SSSR count). The number of anilines is 1. The van der Waals surface area contributed by atoms with Crippen molar-refractivity contribution in [2.45, 2.75) is 24.8 Å². The summed E-state index contributed by atoms with van der Waals surface area (Å²) in [6.45, 7) is 1.86. The van der Waals surface area contributed by atoms with Crippen LogP contribution in [0.25, 0.3) is 10.2 Å². The average Bonchev–Trinajstić information content (AvgIpc) is 3.21. The van der Waals surface area contributed by atoms with E-state index in [1.54, 1.807) is 36.5 Å². The number of aryl methyl sites for hydroxylation is 1. The first-order valence-corrected chi connectivity index (χ1v) is 12.4. The monoisotopic (exact) mass is 487 g/mol. The summed E-state index contributed by atoms with van der Waals surface area (Å²) in [4.78, 5) is 22.9. The quantitative estimate of drug-likeness (QED) is 0.378. The highest BCUT2D eigenvalue weighted by molar-refractivity contribution is 7.91. The largest absolute Gasteiger partial charge is 0.282 e. The van der Waals surface area contributed by atoms with Crippen molar-refractivity contribution >= 4 is 42.4 Å². The number of benzene rings is 2. The number of hydrogen-bond acceptors (Lipinski definition) is 6. The molecule has 0 radical (unpaired) electrons. The Hall–Kier alpha value is -3.24. The molecule has 0 aliphatic rings. The second-order valence-electron chi connectivity index (χ2n) is 7.41. The molecule has 0 saturated carbocycles. The number of thiazole rings is 1. The van der Waals surface area contributed by atoms with Crippen LogP contribution in [0.3, 0.4) is 0 Å². The fourth-order valence-corrected chi connectivity index (χ4v) is 5.45. The van der Waals surface area contributed by atoms with Crippen LogP contribution in [0.15, 0.2) is 65.7 Å². The molecular formula is C23H19F2N3O3S2. The van der Waals surface area contributed by atoms with Gasteiger partial charge < -0.3 is 0 Å². The van der Waals surface area contributed by atoms with Crippen molar-refractivity contribution < 1.29 is 22.0 Å². The smallest absolute Gasteiger partial charge is 0.230 e. The van der Waals surface area contributed by atoms with Crippen molar-refractivity contribution in [1.82, 2.24) is 9.97 Å². The summed E-state index contributed by atoms with van der Waals surface area (Å²) in [6.07, 6.45) is 1.25. The molecule has 0 spiro atoms. The number of rotatable bonds is 7. The number of pyridine rings is 1. The van der Waals surface area contributed by atoms with Crippen LogP contribution in [0.1, 0.15) is 17.7 Å². The number of amides is 1. The van der Waals surface area contributed by atoms with E-state index >= 15 is 0 Å². The van der Waals surface area contributed by atoms with Crippen LogP contribution in [0.5, 0.6) is 0 Å². The molecule has 0 saturated heterocycles. The van der Waals surface area contributed by atoms with Gasteiger partial charge in [0.25, 0.3) is 0 Å². The molecule has 2 aromatic heterocycles. The second-order valence-corrected chi connectivity index (χ2v) is 10.5. The van der Waals surface area contributed by atoms with Crippen LogP contribution in [-0.2, 0) is 21.2 Å². The maximum atomic E-state index is 14.2. The van der Waals surface area contributed by atoms with Gasteiger partial charge in [0.15, 0.2) is 20.8 Å². The number of halogens is 2. The topological polar surface area (TPSA) is 80.2 Å². The van der Waals surface area contributed by atoms with Gasteiger partial charge in [0.1, 0.15) is 11.3 Å². The van der Waals surface area contributed by atoms with Gasteiger partial charge in [0, 0.05) is 18.7 Å². The Morgan fingerprint density at radius 2 is 1.85 bits per heavy atom. The molecule has 4 aromatic rings. The predicted octanol–water partition coefficient (Wildman–Crippen LogP) is 4.68. The van der Waals surface area contributed by atoms with Crippen molar-refractivity contribution in [3.8, 4) is 0 Å². The molecule has 170 valence electrons. The molecule has 0 aliphatic carbocycles. The maximum Gasteiger partial charge on any atom is 0.230 e. The van der Waals surface area contributed by atoms with E-state index in [2.05, 4.69) is 9.97 Å². The zero-order chi connectivity index (χ0) is 23.6. The summed E-state index contributed by atoms with van der Waals surface area (Å²) < 4.78 is 53.5. The van der Waals surface area contributed by atoms with E-state index in [1.807, 2.05) is 6.92 Å². The molecule has 10 heteroatoms. The first-order valence-electron chi connectivity index (χ1n) is 9.98. The molecule has 0 bridgehead atoms. The van der Waals surface area contributed by atoms with Gasteiger partial charge in [0.2, 0.25) is 5.91 Å². The number of hydrogen-bond donors (Lipinski definition) is 0. The lowest BCUT2D eigenvalue weighted by Gasteiger charge is -2.19. The summed E-state index contributed by atoms with van der Waals surface area (Å²) in [7, 11) is -3.69. The third kappa shape index (κ3) is 5.23. The Bertz CT molecular complexity index is 1410. The van der Waals surface area contributed by atoms with E-state index in [0.717, 1.165) is 29.0 Å². The van der Waals surface area contributed by atoms with Gasteiger partial charge in [-0.05, 0) is 37.3 Å². The van der Waals surface area contributed by atoms with Gasteiger partial charge in [0.05, 0.1) is 27.6 Å². The fourth-order valence-electron chi connectivity index (χ4n) is 3.20. The molecule has 0 atom stereocenters. The number of carbonyl (C=O) groups excluding carboxylic acids is 1. The molecular weight excluding hydrogens is 468 g/mol. The van der Waals surface area contributed by atoms with Gasteiger partial charge in [-0.1, -0.05) is 35.1 Å². The number of nitrogens with zero attached hydrogens (tertiary/aromatic N) is 3. The van der Waals surface area contributed by atoms with Crippen molar-refractivity contribution in [3.63, 3.8) is 0 Å². The zero-order valence-corrected chi connectivity index (χ0v) is 19.2. The Morgan fingerprint density at radius 3 is 2.55 bits per heavy atom. The molecule has 2 aromatic carbocycles. The summed E-state index contributed by atoms with van der Waals surface area (Å²) in [5.41, 5.74) is 1.41. The molecule has 1 amide bonds. The lowest BCUT2D eigenvalue weighted by molar-refractivity contribution is -0.118. The SMILES string of the molecule is Cc1ccc(S(=O)(=O)CCC(=O)N(Cc2ccccn2)c2nc3c(F)cc(F)cc3s2)cc1. The molecule has 0 unspecified atom stereocenters. The van der Waals surface area contributed by atoms with Crippen LogP contribution in [0, 0.1) is 18.6 Å². The predicted molar refractivity (Wildman–Crippen MR) is 123 cm³/mol. The van der Waals surface area contributed by atoms with Gasteiger partial charge in [-0.3, -0.25) is 14.7 Å². The van der Waals surface area contributed by atoms with E-state index in [0.29, 0.717) is 5.69 Å². The first-order chi connectivity index (χ1) is 15.7. The van der Waals surface area contributed by atoms with E-state index in [4.69, 9.17) is 0 Å². The Labute approximate surface area is 193 Å². The lowest BCUT2D eigenvalue weighted by Crippen LogP contribution is -2.32. The third-order valence-electron chi connectivity index (χ3n) is 4.94. The van der Waals surface area contributed by atoms with Crippen molar-refractivity contribution in [2.75, 3.05) is 10.7 Å². The van der Waals surface area contributed by atoms with Crippen molar-refractivity contribution in [3.05, 3.63) is 83.7 Å². The molecule has 0 N–H and O–H groups in total. The Kier molecular flexibility index (Phi) is 6.48. The lowest BCUT2D eigenvalue weighted by atomic mass is 10.2. The van der Waals surface area contributed by atoms with Gasteiger partial charge >= 0.3 is 0 Å². The van der Waals surface area contributed by atoms with Gasteiger partial charge in [-0.15, -0.1) is 0 Å². The van der Waals surface area contributed by atoms with Crippen LogP contribution < -0.4 is 4.90 Å². The van der Waals surface area contributed by atoms with Crippen molar-refractivity contribution in [2.24, 2.45) is 0 Å². The van der Waals surface area contributed by atoms with E-state index in [1.165, 1.54) is 17.0 Å². The van der Waals surface area contributed by atoms with E-state index < -0.39 is 33.1 Å². The highest BCUT2D eigenvalue weighted by atomic mass is 32.2. The third-order valence-corrected chi connectivity index (χ3v) is 7.70. The van der Waals surface area contributed by atoms with Crippen LogP contribution >= 0.6 is 11.3 Å². The summed E-state index contributed by atoms with van der Waals surface area (Å²) in [5.74, 6) is -2.50. The number of aromatic nitrogens is 2. The van der Waals surface area contributed by atoms with Crippen LogP contribution in [-0.4, -0.2) is 30.0 Å². The Balaban J connectivity index is 1.62. The van der Waals surface area contributed by atoms with Gasteiger partial charge in [-0.2, -0.15) is 0 Å². The summed E-state index contributed by atoms with van der Waals surface area (Å²) in [6, 6.07) is 13.4. The van der Waals surface area contributed by atoms with E-state index in [-0.39, 0.29) is 33.2 Å². The Morgan fingerprint density at radius 1 is 1.09 bits per heavy atom. The summed E-state index contributed by atoms with van der Waals surface area (Å²) >= 11 is 0.949. The number of sulfone groups is 1. The second kappa shape index (κ2) is 9.32. The van der Waals surface area contributed by atoms with Crippen molar-refractivity contribution in [1.29, 1.82) is 0 Å². The van der Waals surface area contributed by atoms with Crippen LogP contribution in [0.4, 0.5) is 13.9 Å². The standard InChI is InChI=1S/C23H19F2N3O3S2/c1-15-5-7-18(8-6-15)33(30,31)11-9-21(29)28(14-17-4-2-3-10-26-17)23-27-22-19(25)12-16(24)13-20(22)32-23/h2-8,10,12-13H,9,11,14H2,1H3. The zero-order valence-electron chi connectivity index (χ0n) is 17.5. The molecule has 2 heterocycles. The normalized spacial score (nSPS) is 11.6. The highest BCUT2D eigenvalue weighted by Gasteiger charge is 2.24.